The van der Waals surface area contributed by atoms with E-state index in [1.54, 1.807) is 12.1 Å². The van der Waals surface area contributed by atoms with E-state index in [0.29, 0.717) is 11.4 Å². The minimum atomic E-state index is -4.59. The van der Waals surface area contributed by atoms with Crippen molar-refractivity contribution >= 4 is 0 Å². The van der Waals surface area contributed by atoms with E-state index < -0.39 is 18.8 Å². The zero-order chi connectivity index (χ0) is 12.9. The summed E-state index contributed by atoms with van der Waals surface area (Å²) in [5.41, 5.74) is 0.708. The molecular weight excluding hydrogens is 237 g/mol. The van der Waals surface area contributed by atoms with Crippen LogP contribution in [-0.2, 0) is 6.54 Å². The number of alkyl halides is 3. The van der Waals surface area contributed by atoms with Gasteiger partial charge in [-0.15, -0.1) is 0 Å². The standard InChI is InChI=1S/C10H13F3N2O2/c1-17-9-3-2-7(5-15-9)4-14-6-8(16)10(11,12)13/h2-3,5,8,14,16H,4,6H2,1H3. The molecule has 0 aliphatic rings. The van der Waals surface area contributed by atoms with Gasteiger partial charge < -0.3 is 15.2 Å². The summed E-state index contributed by atoms with van der Waals surface area (Å²) in [6.07, 6.45) is -5.45. The summed E-state index contributed by atoms with van der Waals surface area (Å²) < 4.78 is 40.7. The van der Waals surface area contributed by atoms with Crippen LogP contribution in [0.25, 0.3) is 0 Å². The van der Waals surface area contributed by atoms with Crippen LogP contribution < -0.4 is 10.1 Å². The zero-order valence-electron chi connectivity index (χ0n) is 9.16. The Kier molecular flexibility index (Phi) is 4.71. The van der Waals surface area contributed by atoms with E-state index in [9.17, 15) is 13.2 Å². The number of ether oxygens (including phenoxy) is 1. The second kappa shape index (κ2) is 5.83. The Bertz CT molecular complexity index is 340. The molecule has 0 spiro atoms. The Morgan fingerprint density at radius 1 is 1.47 bits per heavy atom. The lowest BCUT2D eigenvalue weighted by molar-refractivity contribution is -0.201. The Morgan fingerprint density at radius 3 is 2.65 bits per heavy atom. The van der Waals surface area contributed by atoms with Crippen molar-refractivity contribution < 1.29 is 23.0 Å². The zero-order valence-corrected chi connectivity index (χ0v) is 9.16. The minimum absolute atomic E-state index is 0.199. The number of methoxy groups -OCH3 is 1. The fraction of sp³-hybridized carbons (Fsp3) is 0.500. The number of rotatable bonds is 5. The van der Waals surface area contributed by atoms with Crippen LogP contribution in [0.4, 0.5) is 13.2 Å². The monoisotopic (exact) mass is 250 g/mol. The third kappa shape index (κ3) is 4.58. The molecule has 96 valence electrons. The minimum Gasteiger partial charge on any atom is -0.481 e. The van der Waals surface area contributed by atoms with E-state index in [2.05, 4.69) is 10.3 Å². The first-order valence-electron chi connectivity index (χ1n) is 4.88. The number of halogens is 3. The van der Waals surface area contributed by atoms with Crippen LogP contribution in [-0.4, -0.2) is 36.0 Å². The summed E-state index contributed by atoms with van der Waals surface area (Å²) in [4.78, 5) is 3.90. The molecule has 0 bridgehead atoms. The van der Waals surface area contributed by atoms with E-state index >= 15 is 0 Å². The molecule has 0 aliphatic heterocycles. The number of nitrogens with one attached hydrogen (secondary N) is 1. The van der Waals surface area contributed by atoms with Crippen LogP contribution in [0, 0.1) is 0 Å². The molecular formula is C10H13F3N2O2. The van der Waals surface area contributed by atoms with E-state index in [-0.39, 0.29) is 6.54 Å². The molecule has 1 heterocycles. The van der Waals surface area contributed by atoms with Gasteiger partial charge >= 0.3 is 6.18 Å². The van der Waals surface area contributed by atoms with Gasteiger partial charge in [0.05, 0.1) is 7.11 Å². The van der Waals surface area contributed by atoms with Crippen molar-refractivity contribution in [2.75, 3.05) is 13.7 Å². The molecule has 1 aromatic heterocycles. The van der Waals surface area contributed by atoms with Gasteiger partial charge in [-0.2, -0.15) is 13.2 Å². The lowest BCUT2D eigenvalue weighted by Crippen LogP contribution is -2.38. The number of aromatic nitrogens is 1. The summed E-state index contributed by atoms with van der Waals surface area (Å²) >= 11 is 0. The van der Waals surface area contributed by atoms with Crippen LogP contribution >= 0.6 is 0 Å². The van der Waals surface area contributed by atoms with Crippen molar-refractivity contribution in [1.82, 2.24) is 10.3 Å². The van der Waals surface area contributed by atoms with Gasteiger partial charge in [0.25, 0.3) is 0 Å². The lowest BCUT2D eigenvalue weighted by atomic mass is 10.2. The number of nitrogens with zero attached hydrogens (tertiary/aromatic N) is 1. The molecule has 0 saturated carbocycles. The van der Waals surface area contributed by atoms with Gasteiger partial charge in [-0.25, -0.2) is 4.98 Å². The number of aliphatic hydroxyl groups is 1. The van der Waals surface area contributed by atoms with E-state index in [1.807, 2.05) is 0 Å². The highest BCUT2D eigenvalue weighted by Crippen LogP contribution is 2.19. The number of hydrogen-bond donors (Lipinski definition) is 2. The summed E-state index contributed by atoms with van der Waals surface area (Å²) in [7, 11) is 1.47. The molecule has 1 unspecified atom stereocenters. The van der Waals surface area contributed by atoms with Crippen molar-refractivity contribution in [3.63, 3.8) is 0 Å². The molecule has 4 nitrogen and oxygen atoms in total. The van der Waals surface area contributed by atoms with Crippen LogP contribution in [0.2, 0.25) is 0 Å². The number of pyridine rings is 1. The topological polar surface area (TPSA) is 54.4 Å². The summed E-state index contributed by atoms with van der Waals surface area (Å²) in [6.45, 7) is -0.348. The SMILES string of the molecule is COc1ccc(CNCC(O)C(F)(F)F)cn1. The molecule has 7 heteroatoms. The molecule has 1 rings (SSSR count). The molecule has 0 aromatic carbocycles. The van der Waals surface area contributed by atoms with Crippen LogP contribution in [0.3, 0.4) is 0 Å². The largest absolute Gasteiger partial charge is 0.481 e. The van der Waals surface area contributed by atoms with Gasteiger partial charge in [0.15, 0.2) is 6.10 Å². The molecule has 0 radical (unpaired) electrons. The highest BCUT2D eigenvalue weighted by atomic mass is 19.4. The van der Waals surface area contributed by atoms with Crippen LogP contribution in [0.15, 0.2) is 18.3 Å². The van der Waals surface area contributed by atoms with Crippen molar-refractivity contribution in [3.05, 3.63) is 23.9 Å². The first-order valence-corrected chi connectivity index (χ1v) is 4.88. The molecule has 1 aromatic rings. The average molecular weight is 250 g/mol. The Balaban J connectivity index is 2.35. The Labute approximate surface area is 96.4 Å². The van der Waals surface area contributed by atoms with E-state index in [1.165, 1.54) is 13.3 Å². The van der Waals surface area contributed by atoms with E-state index in [4.69, 9.17) is 9.84 Å². The molecule has 0 amide bonds. The van der Waals surface area contributed by atoms with Gasteiger partial charge in [0.2, 0.25) is 5.88 Å². The lowest BCUT2D eigenvalue weighted by Gasteiger charge is -2.14. The second-order valence-electron chi connectivity index (χ2n) is 3.40. The second-order valence-corrected chi connectivity index (χ2v) is 3.40. The van der Waals surface area contributed by atoms with Crippen molar-refractivity contribution in [1.29, 1.82) is 0 Å². The van der Waals surface area contributed by atoms with Gasteiger partial charge in [0, 0.05) is 25.4 Å². The highest BCUT2D eigenvalue weighted by Gasteiger charge is 2.37. The normalized spacial score (nSPS) is 13.5. The quantitative estimate of drug-likeness (QED) is 0.821. The fourth-order valence-corrected chi connectivity index (χ4v) is 1.11. The maximum absolute atomic E-state index is 12.0. The predicted octanol–water partition coefficient (Wildman–Crippen LogP) is 1.10. The fourth-order valence-electron chi connectivity index (χ4n) is 1.11. The predicted molar refractivity (Wildman–Crippen MR) is 54.6 cm³/mol. The van der Waals surface area contributed by atoms with Gasteiger partial charge in [-0.05, 0) is 5.56 Å². The molecule has 0 fully saturated rings. The van der Waals surface area contributed by atoms with Crippen molar-refractivity contribution in [2.24, 2.45) is 0 Å². The third-order valence-corrected chi connectivity index (χ3v) is 2.05. The first kappa shape index (κ1) is 13.7. The van der Waals surface area contributed by atoms with E-state index in [0.717, 1.165) is 0 Å². The summed E-state index contributed by atoms with van der Waals surface area (Å²) in [5, 5.41) is 11.2. The summed E-state index contributed by atoms with van der Waals surface area (Å²) in [6, 6.07) is 3.29. The molecule has 0 saturated heterocycles. The maximum Gasteiger partial charge on any atom is 0.415 e. The first-order chi connectivity index (χ1) is 7.93. The smallest absolute Gasteiger partial charge is 0.415 e. The van der Waals surface area contributed by atoms with Gasteiger partial charge in [0.1, 0.15) is 0 Å². The highest BCUT2D eigenvalue weighted by molar-refractivity contribution is 5.17. The number of aliphatic hydroxyl groups excluding tert-OH is 1. The van der Waals surface area contributed by atoms with Crippen LogP contribution in [0.1, 0.15) is 5.56 Å². The molecule has 1 atom stereocenters. The molecule has 0 aliphatic carbocycles. The molecule has 2 N–H and O–H groups in total. The summed E-state index contributed by atoms with van der Waals surface area (Å²) in [5.74, 6) is 0.434. The Hall–Kier alpha value is -1.34. The van der Waals surface area contributed by atoms with Gasteiger partial charge in [-0.1, -0.05) is 6.07 Å². The van der Waals surface area contributed by atoms with Crippen molar-refractivity contribution in [3.8, 4) is 5.88 Å². The van der Waals surface area contributed by atoms with Crippen LogP contribution in [0.5, 0.6) is 5.88 Å². The third-order valence-electron chi connectivity index (χ3n) is 2.05. The average Bonchev–Trinajstić information content (AvgIpc) is 2.28. The van der Waals surface area contributed by atoms with Gasteiger partial charge in [-0.3, -0.25) is 0 Å². The Morgan fingerprint density at radius 2 is 2.18 bits per heavy atom. The molecule has 17 heavy (non-hydrogen) atoms. The van der Waals surface area contributed by atoms with Crippen molar-refractivity contribution in [2.45, 2.75) is 18.8 Å². The maximum atomic E-state index is 12.0. The number of hydrogen-bond acceptors (Lipinski definition) is 4.